The van der Waals surface area contributed by atoms with E-state index in [0.29, 0.717) is 0 Å². The van der Waals surface area contributed by atoms with Crippen molar-refractivity contribution in [1.82, 2.24) is 5.32 Å². The number of halogens is 1. The summed E-state index contributed by atoms with van der Waals surface area (Å²) in [6.07, 6.45) is 0.883. The lowest BCUT2D eigenvalue weighted by Gasteiger charge is -2.03. The van der Waals surface area contributed by atoms with E-state index in [1.807, 2.05) is 25.2 Å². The first kappa shape index (κ1) is 12.0. The second kappa shape index (κ2) is 6.49. The van der Waals surface area contributed by atoms with Gasteiger partial charge in [-0.15, -0.1) is 12.4 Å². The van der Waals surface area contributed by atoms with E-state index in [2.05, 4.69) is 22.4 Å². The normalized spacial score (nSPS) is 10.5. The lowest BCUT2D eigenvalue weighted by atomic mass is 10.1. The molecule has 0 atom stereocenters. The van der Waals surface area contributed by atoms with Gasteiger partial charge in [0.05, 0.1) is 0 Å². The van der Waals surface area contributed by atoms with Crippen molar-refractivity contribution >= 4 is 18.2 Å². The first-order valence-corrected chi connectivity index (χ1v) is 4.04. The van der Waals surface area contributed by atoms with Crippen LogP contribution < -0.4 is 5.32 Å². The number of aliphatic imine (C=N–C) groups is 1. The molecule has 1 rings (SSSR count). The highest BCUT2D eigenvalue weighted by Crippen LogP contribution is 1.99. The molecule has 0 heterocycles. The molecule has 13 heavy (non-hydrogen) atoms. The van der Waals surface area contributed by atoms with E-state index >= 15 is 0 Å². The molecule has 2 nitrogen and oxygen atoms in total. The van der Waals surface area contributed by atoms with Gasteiger partial charge in [-0.1, -0.05) is 30.3 Å². The molecule has 0 amide bonds. The number of rotatable bonds is 2. The molecule has 3 heteroatoms. The zero-order valence-corrected chi connectivity index (χ0v) is 8.77. The molecule has 1 N–H and O–H groups in total. The van der Waals surface area contributed by atoms with Gasteiger partial charge in [0.25, 0.3) is 0 Å². The lowest BCUT2D eigenvalue weighted by molar-refractivity contribution is 1.08. The molecule has 1 aromatic carbocycles. The Kier molecular flexibility index (Phi) is 5.98. The van der Waals surface area contributed by atoms with Crippen LogP contribution in [-0.4, -0.2) is 19.9 Å². The van der Waals surface area contributed by atoms with Crippen LogP contribution in [0, 0.1) is 0 Å². The topological polar surface area (TPSA) is 24.4 Å². The molecule has 0 aliphatic rings. The predicted octanol–water partition coefficient (Wildman–Crippen LogP) is 1.90. The Morgan fingerprint density at radius 2 is 1.92 bits per heavy atom. The minimum Gasteiger partial charge on any atom is -0.377 e. The third-order valence-electron chi connectivity index (χ3n) is 1.77. The number of nitrogens with zero attached hydrogens (tertiary/aromatic N) is 1. The van der Waals surface area contributed by atoms with E-state index in [1.165, 1.54) is 5.56 Å². The molecule has 0 radical (unpaired) electrons. The van der Waals surface area contributed by atoms with Crippen LogP contribution >= 0.6 is 12.4 Å². The summed E-state index contributed by atoms with van der Waals surface area (Å²) in [7, 11) is 3.69. The Labute approximate surface area is 85.5 Å². The number of hydrogen-bond acceptors (Lipinski definition) is 1. The predicted molar refractivity (Wildman–Crippen MR) is 59.8 cm³/mol. The number of likely N-dealkylation sites (N-methyl/N-ethyl adjacent to an activating group) is 1. The Balaban J connectivity index is 0.00000144. The highest BCUT2D eigenvalue weighted by Gasteiger charge is 1.95. The third-order valence-corrected chi connectivity index (χ3v) is 1.77. The van der Waals surface area contributed by atoms with Gasteiger partial charge in [0, 0.05) is 20.5 Å². The highest BCUT2D eigenvalue weighted by molar-refractivity contribution is 5.85. The largest absolute Gasteiger partial charge is 0.377 e. The minimum atomic E-state index is 0. The van der Waals surface area contributed by atoms with Crippen molar-refractivity contribution in [1.29, 1.82) is 0 Å². The zero-order valence-electron chi connectivity index (χ0n) is 7.95. The van der Waals surface area contributed by atoms with Crippen LogP contribution in [-0.2, 0) is 6.42 Å². The third kappa shape index (κ3) is 3.95. The summed E-state index contributed by atoms with van der Waals surface area (Å²) in [5, 5.41) is 3.05. The van der Waals surface area contributed by atoms with Crippen LogP contribution in [0.5, 0.6) is 0 Å². The monoisotopic (exact) mass is 198 g/mol. The molecule has 0 bridgehead atoms. The van der Waals surface area contributed by atoms with Crippen molar-refractivity contribution in [3.8, 4) is 0 Å². The van der Waals surface area contributed by atoms with Gasteiger partial charge in [-0.25, -0.2) is 0 Å². The summed E-state index contributed by atoms with van der Waals surface area (Å²) in [5.41, 5.74) is 1.28. The standard InChI is InChI=1S/C10H14N2.ClH/c1-11-10(12-2)8-9-6-4-3-5-7-9;/h3-7H,8H2,1-2H3,(H,11,12);1H. The number of amidine groups is 1. The molecule has 0 aliphatic carbocycles. The average molecular weight is 199 g/mol. The summed E-state index contributed by atoms with van der Waals surface area (Å²) >= 11 is 0. The molecule has 72 valence electrons. The second-order valence-electron chi connectivity index (χ2n) is 2.58. The summed E-state index contributed by atoms with van der Waals surface area (Å²) in [4.78, 5) is 4.11. The van der Waals surface area contributed by atoms with Crippen molar-refractivity contribution in [2.75, 3.05) is 14.1 Å². The molecular formula is C10H15ClN2. The SMILES string of the molecule is CN=C(Cc1ccccc1)NC.Cl. The lowest BCUT2D eigenvalue weighted by Crippen LogP contribution is -2.20. The molecule has 0 saturated heterocycles. The van der Waals surface area contributed by atoms with Gasteiger partial charge < -0.3 is 5.32 Å². The van der Waals surface area contributed by atoms with Gasteiger partial charge in [0.15, 0.2) is 0 Å². The first-order chi connectivity index (χ1) is 5.86. The van der Waals surface area contributed by atoms with Crippen LogP contribution in [0.15, 0.2) is 35.3 Å². The number of nitrogens with one attached hydrogen (secondary N) is 1. The van der Waals surface area contributed by atoms with Gasteiger partial charge in [-0.3, -0.25) is 4.99 Å². The fraction of sp³-hybridized carbons (Fsp3) is 0.300. The van der Waals surface area contributed by atoms with Crippen molar-refractivity contribution < 1.29 is 0 Å². The van der Waals surface area contributed by atoms with Gasteiger partial charge in [0.2, 0.25) is 0 Å². The van der Waals surface area contributed by atoms with Crippen molar-refractivity contribution in [3.05, 3.63) is 35.9 Å². The van der Waals surface area contributed by atoms with Gasteiger partial charge in [0.1, 0.15) is 5.84 Å². The maximum atomic E-state index is 4.11. The fourth-order valence-electron chi connectivity index (χ4n) is 1.07. The van der Waals surface area contributed by atoms with E-state index in [1.54, 1.807) is 7.05 Å². The summed E-state index contributed by atoms with van der Waals surface area (Å²) in [5.74, 6) is 1.02. The molecule has 0 spiro atoms. The van der Waals surface area contributed by atoms with Crippen molar-refractivity contribution in [3.63, 3.8) is 0 Å². The van der Waals surface area contributed by atoms with Gasteiger partial charge >= 0.3 is 0 Å². The summed E-state index contributed by atoms with van der Waals surface area (Å²) in [6, 6.07) is 10.3. The van der Waals surface area contributed by atoms with E-state index in [0.717, 1.165) is 12.3 Å². The fourth-order valence-corrected chi connectivity index (χ4v) is 1.07. The zero-order chi connectivity index (χ0) is 8.81. The summed E-state index contributed by atoms with van der Waals surface area (Å²) < 4.78 is 0. The first-order valence-electron chi connectivity index (χ1n) is 4.04. The van der Waals surface area contributed by atoms with Gasteiger partial charge in [-0.2, -0.15) is 0 Å². The maximum Gasteiger partial charge on any atom is 0.100 e. The Morgan fingerprint density at radius 3 is 2.38 bits per heavy atom. The van der Waals surface area contributed by atoms with Crippen molar-refractivity contribution in [2.45, 2.75) is 6.42 Å². The molecular weight excluding hydrogens is 184 g/mol. The molecule has 0 fully saturated rings. The van der Waals surface area contributed by atoms with E-state index < -0.39 is 0 Å². The summed E-state index contributed by atoms with van der Waals surface area (Å²) in [6.45, 7) is 0. The highest BCUT2D eigenvalue weighted by atomic mass is 35.5. The van der Waals surface area contributed by atoms with Crippen LogP contribution in [0.25, 0.3) is 0 Å². The average Bonchev–Trinajstić information content (AvgIpc) is 2.16. The molecule has 0 aromatic heterocycles. The molecule has 0 saturated carbocycles. The molecule has 0 unspecified atom stereocenters. The maximum absolute atomic E-state index is 4.11. The Bertz CT molecular complexity index is 257. The van der Waals surface area contributed by atoms with Crippen LogP contribution in [0.1, 0.15) is 5.56 Å². The second-order valence-corrected chi connectivity index (χ2v) is 2.58. The van der Waals surface area contributed by atoms with Gasteiger partial charge in [-0.05, 0) is 5.56 Å². The van der Waals surface area contributed by atoms with Crippen LogP contribution in [0.2, 0.25) is 0 Å². The van der Waals surface area contributed by atoms with E-state index in [-0.39, 0.29) is 12.4 Å². The van der Waals surface area contributed by atoms with E-state index in [9.17, 15) is 0 Å². The van der Waals surface area contributed by atoms with E-state index in [4.69, 9.17) is 0 Å². The number of benzene rings is 1. The minimum absolute atomic E-state index is 0. The molecule has 1 aromatic rings. The Hall–Kier alpha value is -1.02. The Morgan fingerprint density at radius 1 is 1.31 bits per heavy atom. The molecule has 0 aliphatic heterocycles. The quantitative estimate of drug-likeness (QED) is 0.570. The number of hydrogen-bond donors (Lipinski definition) is 1. The van der Waals surface area contributed by atoms with Crippen LogP contribution in [0.4, 0.5) is 0 Å². The van der Waals surface area contributed by atoms with Crippen molar-refractivity contribution in [2.24, 2.45) is 4.99 Å². The van der Waals surface area contributed by atoms with Crippen LogP contribution in [0.3, 0.4) is 0 Å². The smallest absolute Gasteiger partial charge is 0.100 e.